The van der Waals surface area contributed by atoms with Gasteiger partial charge >= 0.3 is 0 Å². The molecule has 0 aromatic carbocycles. The van der Waals surface area contributed by atoms with Crippen molar-refractivity contribution >= 4 is 5.82 Å². The maximum absolute atomic E-state index is 5.98. The maximum atomic E-state index is 5.98. The van der Waals surface area contributed by atoms with E-state index in [1.165, 1.54) is 12.8 Å². The molecule has 0 bridgehead atoms. The first-order valence-electron chi connectivity index (χ1n) is 6.46. The largest absolute Gasteiger partial charge is 0.474 e. The van der Waals surface area contributed by atoms with Gasteiger partial charge in [-0.3, -0.25) is 0 Å². The molecule has 0 atom stereocenters. The fourth-order valence-corrected chi connectivity index (χ4v) is 2.22. The fraction of sp³-hybridized carbons (Fsp3) is 0.692. The van der Waals surface area contributed by atoms with Crippen LogP contribution in [0.25, 0.3) is 0 Å². The number of rotatable bonds is 4. The summed E-state index contributed by atoms with van der Waals surface area (Å²) in [5.74, 6) is 2.41. The highest BCUT2D eigenvalue weighted by Crippen LogP contribution is 2.27. The van der Waals surface area contributed by atoms with Crippen LogP contribution in [0.4, 0.5) is 5.82 Å². The Morgan fingerprint density at radius 2 is 1.94 bits per heavy atom. The van der Waals surface area contributed by atoms with Crippen LogP contribution in [0.5, 0.6) is 5.88 Å². The van der Waals surface area contributed by atoms with Gasteiger partial charge in [-0.1, -0.05) is 0 Å². The third-order valence-corrected chi connectivity index (χ3v) is 3.14. The van der Waals surface area contributed by atoms with Crippen LogP contribution in [0.15, 0.2) is 0 Å². The summed E-state index contributed by atoms with van der Waals surface area (Å²) >= 11 is 0. The van der Waals surface area contributed by atoms with Crippen molar-refractivity contribution in [1.82, 2.24) is 9.97 Å². The van der Waals surface area contributed by atoms with Crippen LogP contribution >= 0.6 is 0 Å². The quantitative estimate of drug-likeness (QED) is 0.871. The lowest BCUT2D eigenvalue weighted by atomic mass is 10.3. The number of aryl methyl sites for hydroxylation is 1. The molecule has 1 N–H and O–H groups in total. The van der Waals surface area contributed by atoms with Gasteiger partial charge in [-0.15, -0.1) is 0 Å². The van der Waals surface area contributed by atoms with E-state index < -0.39 is 0 Å². The molecule has 0 saturated heterocycles. The second-order valence-electron chi connectivity index (χ2n) is 4.60. The Morgan fingerprint density at radius 1 is 1.24 bits per heavy atom. The van der Waals surface area contributed by atoms with Crippen molar-refractivity contribution < 1.29 is 4.74 Å². The molecule has 1 aliphatic carbocycles. The van der Waals surface area contributed by atoms with E-state index in [1.54, 1.807) is 0 Å². The maximum Gasteiger partial charge on any atom is 0.222 e. The monoisotopic (exact) mass is 235 g/mol. The number of hydrogen-bond donors (Lipinski definition) is 1. The third-order valence-electron chi connectivity index (χ3n) is 3.14. The second-order valence-corrected chi connectivity index (χ2v) is 4.60. The molecule has 1 aromatic heterocycles. The molecule has 1 heterocycles. The molecule has 4 heteroatoms. The van der Waals surface area contributed by atoms with Crippen molar-refractivity contribution in [3.8, 4) is 5.88 Å². The normalized spacial score (nSPS) is 16.2. The Balaban J connectivity index is 2.19. The van der Waals surface area contributed by atoms with Crippen molar-refractivity contribution in [2.45, 2.75) is 52.6 Å². The van der Waals surface area contributed by atoms with Gasteiger partial charge in [-0.25, -0.2) is 4.98 Å². The molecule has 17 heavy (non-hydrogen) atoms. The van der Waals surface area contributed by atoms with Crippen LogP contribution in [0.3, 0.4) is 0 Å². The molecule has 1 saturated carbocycles. The first-order chi connectivity index (χ1) is 8.20. The standard InChI is InChI=1S/C13H21N3O/c1-4-14-12-9(2)13(16-10(3)15-12)17-11-7-5-6-8-11/h11H,4-8H2,1-3H3,(H,14,15,16). The minimum absolute atomic E-state index is 0.345. The van der Waals surface area contributed by atoms with Crippen molar-refractivity contribution in [2.24, 2.45) is 0 Å². The van der Waals surface area contributed by atoms with Crippen molar-refractivity contribution in [3.05, 3.63) is 11.4 Å². The Bertz CT molecular complexity index is 386. The summed E-state index contributed by atoms with van der Waals surface area (Å²) in [6.07, 6.45) is 5.19. The van der Waals surface area contributed by atoms with E-state index in [2.05, 4.69) is 22.2 Å². The zero-order valence-corrected chi connectivity index (χ0v) is 10.9. The first kappa shape index (κ1) is 12.1. The summed E-state index contributed by atoms with van der Waals surface area (Å²) in [5, 5.41) is 3.25. The third kappa shape index (κ3) is 2.87. The van der Waals surface area contributed by atoms with Crippen molar-refractivity contribution in [3.63, 3.8) is 0 Å². The molecule has 94 valence electrons. The molecule has 2 rings (SSSR count). The minimum atomic E-state index is 0.345. The predicted octanol–water partition coefficient (Wildman–Crippen LogP) is 2.85. The molecular weight excluding hydrogens is 214 g/mol. The smallest absolute Gasteiger partial charge is 0.222 e. The lowest BCUT2D eigenvalue weighted by Crippen LogP contribution is -2.15. The van der Waals surface area contributed by atoms with E-state index in [1.807, 2.05) is 13.8 Å². The predicted molar refractivity (Wildman–Crippen MR) is 68.6 cm³/mol. The molecule has 0 radical (unpaired) electrons. The highest BCUT2D eigenvalue weighted by molar-refractivity contribution is 5.48. The van der Waals surface area contributed by atoms with E-state index in [9.17, 15) is 0 Å². The van der Waals surface area contributed by atoms with Crippen molar-refractivity contribution in [1.29, 1.82) is 0 Å². The lowest BCUT2D eigenvalue weighted by molar-refractivity contribution is 0.199. The zero-order valence-electron chi connectivity index (χ0n) is 10.9. The van der Waals surface area contributed by atoms with Gasteiger partial charge in [0.1, 0.15) is 17.7 Å². The van der Waals surface area contributed by atoms with E-state index in [0.29, 0.717) is 6.10 Å². The number of nitrogens with zero attached hydrogens (tertiary/aromatic N) is 2. The van der Waals surface area contributed by atoms with Gasteiger partial charge in [-0.2, -0.15) is 4.98 Å². The molecule has 0 aliphatic heterocycles. The van der Waals surface area contributed by atoms with Gasteiger partial charge in [0.05, 0.1) is 5.56 Å². The Morgan fingerprint density at radius 3 is 2.59 bits per heavy atom. The average molecular weight is 235 g/mol. The number of hydrogen-bond acceptors (Lipinski definition) is 4. The summed E-state index contributed by atoms with van der Waals surface area (Å²) in [6.45, 7) is 6.85. The summed E-state index contributed by atoms with van der Waals surface area (Å²) < 4.78 is 5.98. The van der Waals surface area contributed by atoms with Gasteiger partial charge in [-0.05, 0) is 46.5 Å². The van der Waals surface area contributed by atoms with Crippen molar-refractivity contribution in [2.75, 3.05) is 11.9 Å². The van der Waals surface area contributed by atoms with E-state index in [4.69, 9.17) is 4.74 Å². The number of aromatic nitrogens is 2. The Hall–Kier alpha value is -1.32. The van der Waals surface area contributed by atoms with Crippen LogP contribution in [0, 0.1) is 13.8 Å². The van der Waals surface area contributed by atoms with Crippen LogP contribution < -0.4 is 10.1 Å². The SMILES string of the molecule is CCNc1nc(C)nc(OC2CCCC2)c1C. The molecule has 0 amide bonds. The molecule has 1 fully saturated rings. The number of nitrogens with one attached hydrogen (secondary N) is 1. The van der Waals surface area contributed by atoms with Gasteiger partial charge in [0.15, 0.2) is 0 Å². The minimum Gasteiger partial charge on any atom is -0.474 e. The molecule has 1 aromatic rings. The zero-order chi connectivity index (χ0) is 12.3. The van der Waals surface area contributed by atoms with Gasteiger partial charge in [0, 0.05) is 6.54 Å². The number of ether oxygens (including phenoxy) is 1. The molecule has 0 spiro atoms. The Kier molecular flexibility index (Phi) is 3.82. The van der Waals surface area contributed by atoms with E-state index in [-0.39, 0.29) is 0 Å². The number of anilines is 1. The van der Waals surface area contributed by atoms with Gasteiger partial charge < -0.3 is 10.1 Å². The highest BCUT2D eigenvalue weighted by atomic mass is 16.5. The van der Waals surface area contributed by atoms with Gasteiger partial charge in [0.2, 0.25) is 5.88 Å². The summed E-state index contributed by atoms with van der Waals surface area (Å²) in [5.41, 5.74) is 1.02. The fourth-order valence-electron chi connectivity index (χ4n) is 2.22. The molecule has 4 nitrogen and oxygen atoms in total. The van der Waals surface area contributed by atoms with Crippen LogP contribution in [-0.4, -0.2) is 22.6 Å². The van der Waals surface area contributed by atoms with Gasteiger partial charge in [0.25, 0.3) is 0 Å². The molecular formula is C13H21N3O. The lowest BCUT2D eigenvalue weighted by Gasteiger charge is -2.16. The average Bonchev–Trinajstić information content (AvgIpc) is 2.78. The molecule has 1 aliphatic rings. The Labute approximate surface area is 103 Å². The van der Waals surface area contributed by atoms with Crippen LogP contribution in [0.2, 0.25) is 0 Å². The van der Waals surface area contributed by atoms with E-state index >= 15 is 0 Å². The summed E-state index contributed by atoms with van der Waals surface area (Å²) in [4.78, 5) is 8.80. The van der Waals surface area contributed by atoms with Crippen LogP contribution in [0.1, 0.15) is 44.0 Å². The summed E-state index contributed by atoms with van der Waals surface area (Å²) in [7, 11) is 0. The van der Waals surface area contributed by atoms with Crippen LogP contribution in [-0.2, 0) is 0 Å². The molecule has 0 unspecified atom stereocenters. The summed E-state index contributed by atoms with van der Waals surface area (Å²) in [6, 6.07) is 0. The van der Waals surface area contributed by atoms with E-state index in [0.717, 1.165) is 42.5 Å². The highest BCUT2D eigenvalue weighted by Gasteiger charge is 2.19. The first-order valence-corrected chi connectivity index (χ1v) is 6.46. The topological polar surface area (TPSA) is 47.0 Å². The second kappa shape index (κ2) is 5.34.